The van der Waals surface area contributed by atoms with Gasteiger partial charge in [-0.3, -0.25) is 9.79 Å². The molecule has 0 aromatic heterocycles. The zero-order chi connectivity index (χ0) is 19.8. The number of amides is 1. The van der Waals surface area contributed by atoms with Gasteiger partial charge in [-0.15, -0.1) is 24.0 Å². The third-order valence-corrected chi connectivity index (χ3v) is 6.81. The predicted octanol–water partition coefficient (Wildman–Crippen LogP) is 3.22. The van der Waals surface area contributed by atoms with Crippen molar-refractivity contribution in [1.29, 1.82) is 0 Å². The molecule has 3 fully saturated rings. The van der Waals surface area contributed by atoms with Crippen molar-refractivity contribution in [3.05, 3.63) is 0 Å². The summed E-state index contributed by atoms with van der Waals surface area (Å²) in [7, 11) is 2.25. The minimum Gasteiger partial charge on any atom is -0.357 e. The molecule has 0 bridgehead atoms. The summed E-state index contributed by atoms with van der Waals surface area (Å²) in [6, 6.07) is 1.06. The van der Waals surface area contributed by atoms with Gasteiger partial charge in [0.2, 0.25) is 5.91 Å². The van der Waals surface area contributed by atoms with Crippen molar-refractivity contribution in [2.24, 2.45) is 10.9 Å². The fourth-order valence-electron chi connectivity index (χ4n) is 5.05. The summed E-state index contributed by atoms with van der Waals surface area (Å²) in [6.07, 6.45) is 12.5. The van der Waals surface area contributed by atoms with Crippen LogP contribution >= 0.6 is 24.0 Å². The van der Waals surface area contributed by atoms with Crippen LogP contribution in [0.4, 0.5) is 0 Å². The van der Waals surface area contributed by atoms with Crippen LogP contribution in [0.5, 0.6) is 0 Å². The number of likely N-dealkylation sites (N-methyl/N-ethyl adjacent to an activating group) is 1. The fraction of sp³-hybridized carbons (Fsp3) is 0.909. The molecule has 168 valence electrons. The Balaban J connectivity index is 0.00000300. The molecule has 7 heteroatoms. The molecule has 0 aromatic rings. The summed E-state index contributed by atoms with van der Waals surface area (Å²) in [5, 5.41) is 6.95. The Kier molecular flexibility index (Phi) is 11.0. The molecule has 29 heavy (non-hydrogen) atoms. The number of aliphatic imine (C=N–C) groups is 1. The van der Waals surface area contributed by atoms with E-state index in [2.05, 4.69) is 34.4 Å². The highest BCUT2D eigenvalue weighted by Gasteiger charge is 2.32. The van der Waals surface area contributed by atoms with Crippen molar-refractivity contribution in [3.8, 4) is 0 Å². The molecule has 1 aliphatic heterocycles. The van der Waals surface area contributed by atoms with E-state index in [1.54, 1.807) is 0 Å². The number of nitrogens with one attached hydrogen (secondary N) is 2. The Morgan fingerprint density at radius 1 is 1.07 bits per heavy atom. The second-order valence-electron chi connectivity index (χ2n) is 8.93. The minimum absolute atomic E-state index is 0. The number of rotatable bonds is 7. The van der Waals surface area contributed by atoms with Crippen LogP contribution in [0.3, 0.4) is 0 Å². The lowest BCUT2D eigenvalue weighted by Crippen LogP contribution is -2.45. The smallest absolute Gasteiger partial charge is 0.225 e. The Hall–Kier alpha value is -0.570. The Bertz CT molecular complexity index is 517. The molecule has 0 aromatic carbocycles. The van der Waals surface area contributed by atoms with Crippen molar-refractivity contribution in [3.63, 3.8) is 0 Å². The Morgan fingerprint density at radius 2 is 1.76 bits per heavy atom. The molecular weight excluding hydrogens is 477 g/mol. The summed E-state index contributed by atoms with van der Waals surface area (Å²) < 4.78 is 0. The highest BCUT2D eigenvalue weighted by Crippen LogP contribution is 2.27. The van der Waals surface area contributed by atoms with Gasteiger partial charge >= 0.3 is 0 Å². The Morgan fingerprint density at radius 3 is 2.45 bits per heavy atom. The number of likely N-dealkylation sites (tertiary alicyclic amines) is 1. The molecule has 3 rings (SSSR count). The lowest BCUT2D eigenvalue weighted by Gasteiger charge is -2.30. The first-order valence-corrected chi connectivity index (χ1v) is 11.7. The van der Waals surface area contributed by atoms with E-state index in [4.69, 9.17) is 4.99 Å². The van der Waals surface area contributed by atoms with Crippen LogP contribution in [-0.4, -0.2) is 73.5 Å². The van der Waals surface area contributed by atoms with Gasteiger partial charge in [-0.05, 0) is 46.1 Å². The molecule has 0 radical (unpaired) electrons. The summed E-state index contributed by atoms with van der Waals surface area (Å²) in [5.41, 5.74) is 0. The first-order valence-electron chi connectivity index (χ1n) is 11.7. The van der Waals surface area contributed by atoms with Crippen LogP contribution in [0.1, 0.15) is 71.1 Å². The van der Waals surface area contributed by atoms with Gasteiger partial charge in [0.05, 0.1) is 6.54 Å². The number of hydrogen-bond acceptors (Lipinski definition) is 3. The predicted molar refractivity (Wildman–Crippen MR) is 131 cm³/mol. The molecule has 1 atom stereocenters. The van der Waals surface area contributed by atoms with E-state index in [0.29, 0.717) is 11.9 Å². The van der Waals surface area contributed by atoms with Crippen molar-refractivity contribution in [2.75, 3.05) is 39.8 Å². The standard InChI is InChI=1S/C22H41N5O.HI/c1-3-23-22(24-14-16-26(2)20-11-5-4-6-12-20)25-19-13-15-27(17-19)21(28)18-9-7-8-10-18;/h18-20H,3-17H2,1-2H3,(H2,23,24,25);1H. The van der Waals surface area contributed by atoms with Gasteiger partial charge in [-0.2, -0.15) is 0 Å². The van der Waals surface area contributed by atoms with E-state index in [9.17, 15) is 4.79 Å². The lowest BCUT2D eigenvalue weighted by atomic mass is 9.94. The average Bonchev–Trinajstić information content (AvgIpc) is 3.40. The van der Waals surface area contributed by atoms with Gasteiger partial charge in [-0.25, -0.2) is 0 Å². The van der Waals surface area contributed by atoms with E-state index in [1.807, 2.05) is 0 Å². The first kappa shape index (κ1) is 24.7. The molecule has 6 nitrogen and oxygen atoms in total. The van der Waals surface area contributed by atoms with Crippen molar-refractivity contribution in [2.45, 2.75) is 83.2 Å². The molecular formula is C22H42IN5O. The molecule has 2 N–H and O–H groups in total. The fourth-order valence-corrected chi connectivity index (χ4v) is 5.05. The largest absolute Gasteiger partial charge is 0.357 e. The summed E-state index contributed by atoms with van der Waals surface area (Å²) in [4.78, 5) is 22.0. The van der Waals surface area contributed by atoms with Gasteiger partial charge in [0.15, 0.2) is 5.96 Å². The number of hydrogen-bond donors (Lipinski definition) is 2. The number of carbonyl (C=O) groups is 1. The highest BCUT2D eigenvalue weighted by atomic mass is 127. The number of guanidine groups is 1. The second kappa shape index (κ2) is 13.0. The first-order chi connectivity index (χ1) is 13.7. The van der Waals surface area contributed by atoms with Crippen LogP contribution < -0.4 is 10.6 Å². The van der Waals surface area contributed by atoms with E-state index in [1.165, 1.54) is 44.9 Å². The Labute approximate surface area is 194 Å². The summed E-state index contributed by atoms with van der Waals surface area (Å²) >= 11 is 0. The second-order valence-corrected chi connectivity index (χ2v) is 8.93. The van der Waals surface area contributed by atoms with Crippen LogP contribution in [0.15, 0.2) is 4.99 Å². The maximum absolute atomic E-state index is 12.6. The van der Waals surface area contributed by atoms with E-state index >= 15 is 0 Å². The van der Waals surface area contributed by atoms with Gasteiger partial charge in [0, 0.05) is 44.2 Å². The zero-order valence-corrected chi connectivity index (χ0v) is 20.8. The van der Waals surface area contributed by atoms with Gasteiger partial charge in [-0.1, -0.05) is 32.1 Å². The highest BCUT2D eigenvalue weighted by molar-refractivity contribution is 14.0. The topological polar surface area (TPSA) is 60.0 Å². The van der Waals surface area contributed by atoms with Crippen molar-refractivity contribution >= 4 is 35.8 Å². The van der Waals surface area contributed by atoms with E-state index in [-0.39, 0.29) is 29.9 Å². The number of nitrogens with zero attached hydrogens (tertiary/aromatic N) is 3. The lowest BCUT2D eigenvalue weighted by molar-refractivity contribution is -0.134. The third kappa shape index (κ3) is 7.56. The molecule has 1 unspecified atom stereocenters. The van der Waals surface area contributed by atoms with E-state index < -0.39 is 0 Å². The summed E-state index contributed by atoms with van der Waals surface area (Å²) in [5.74, 6) is 1.58. The SMILES string of the molecule is CCNC(=NCCN(C)C1CCCCC1)NC1CCN(C(=O)C2CCCC2)C1.I. The number of carbonyl (C=O) groups excluding carboxylic acids is 1. The zero-order valence-electron chi connectivity index (χ0n) is 18.5. The van der Waals surface area contributed by atoms with Gasteiger partial charge in [0.1, 0.15) is 0 Å². The quantitative estimate of drug-likeness (QED) is 0.308. The average molecular weight is 520 g/mol. The van der Waals surface area contributed by atoms with Crippen LogP contribution in [0.2, 0.25) is 0 Å². The monoisotopic (exact) mass is 519 g/mol. The molecule has 1 saturated heterocycles. The number of halogens is 1. The van der Waals surface area contributed by atoms with Gasteiger partial charge < -0.3 is 20.4 Å². The molecule has 0 spiro atoms. The maximum Gasteiger partial charge on any atom is 0.225 e. The van der Waals surface area contributed by atoms with E-state index in [0.717, 1.165) is 64.0 Å². The van der Waals surface area contributed by atoms with Crippen LogP contribution in [0.25, 0.3) is 0 Å². The molecule has 1 amide bonds. The normalized spacial score (nSPS) is 24.0. The summed E-state index contributed by atoms with van der Waals surface area (Å²) in [6.45, 7) is 6.51. The minimum atomic E-state index is 0. The maximum atomic E-state index is 12.6. The van der Waals surface area contributed by atoms with Crippen LogP contribution in [0, 0.1) is 5.92 Å². The van der Waals surface area contributed by atoms with Crippen molar-refractivity contribution < 1.29 is 4.79 Å². The molecule has 3 aliphatic rings. The third-order valence-electron chi connectivity index (χ3n) is 6.81. The van der Waals surface area contributed by atoms with Crippen molar-refractivity contribution in [1.82, 2.24) is 20.4 Å². The van der Waals surface area contributed by atoms with Gasteiger partial charge in [0.25, 0.3) is 0 Å². The molecule has 2 saturated carbocycles. The van der Waals surface area contributed by atoms with Crippen LogP contribution in [-0.2, 0) is 4.79 Å². The molecule has 2 aliphatic carbocycles. The molecule has 1 heterocycles.